The number of pyridine rings is 1. The molecule has 0 aliphatic heterocycles. The SMILES string of the molecule is CCN(C(=O)[O-])c1cc(Cl)c([N+](=O)[O-])c(N)n1. The largest absolute Gasteiger partial charge is 0.530 e. The van der Waals surface area contributed by atoms with Gasteiger partial charge in [-0.1, -0.05) is 11.6 Å². The Morgan fingerprint density at radius 3 is 2.65 bits per heavy atom. The highest BCUT2D eigenvalue weighted by atomic mass is 35.5. The minimum atomic E-state index is -1.50. The molecule has 92 valence electrons. The average Bonchev–Trinajstić information content (AvgIpc) is 2.15. The third-order valence-corrected chi connectivity index (χ3v) is 2.24. The molecule has 0 spiro atoms. The molecular formula is C8H8ClN4O4-. The number of aromatic nitrogens is 1. The quantitative estimate of drug-likeness (QED) is 0.618. The zero-order chi connectivity index (χ0) is 13.2. The molecule has 0 aliphatic carbocycles. The van der Waals surface area contributed by atoms with Gasteiger partial charge in [0.05, 0.1) is 4.92 Å². The van der Waals surface area contributed by atoms with E-state index in [0.29, 0.717) is 0 Å². The highest BCUT2D eigenvalue weighted by molar-refractivity contribution is 6.33. The molecule has 0 fully saturated rings. The molecule has 0 radical (unpaired) electrons. The van der Waals surface area contributed by atoms with E-state index >= 15 is 0 Å². The van der Waals surface area contributed by atoms with Gasteiger partial charge in [0.2, 0.25) is 5.82 Å². The molecule has 0 saturated carbocycles. The van der Waals surface area contributed by atoms with Crippen LogP contribution >= 0.6 is 11.6 Å². The zero-order valence-electron chi connectivity index (χ0n) is 8.71. The van der Waals surface area contributed by atoms with E-state index in [4.69, 9.17) is 17.3 Å². The number of hydrogen-bond acceptors (Lipinski definition) is 6. The van der Waals surface area contributed by atoms with Gasteiger partial charge in [0.25, 0.3) is 0 Å². The molecular weight excluding hydrogens is 252 g/mol. The second kappa shape index (κ2) is 4.83. The van der Waals surface area contributed by atoms with Crippen molar-refractivity contribution < 1.29 is 14.8 Å². The third-order valence-electron chi connectivity index (χ3n) is 1.96. The lowest BCUT2D eigenvalue weighted by Gasteiger charge is -2.22. The Labute approximate surface area is 101 Å². The Morgan fingerprint density at radius 2 is 2.29 bits per heavy atom. The fraction of sp³-hybridized carbons (Fsp3) is 0.250. The molecule has 1 heterocycles. The van der Waals surface area contributed by atoms with Gasteiger partial charge in [0, 0.05) is 12.6 Å². The molecule has 1 rings (SSSR count). The summed E-state index contributed by atoms with van der Waals surface area (Å²) in [5, 5.41) is 21.0. The topological polar surface area (TPSA) is 125 Å². The summed E-state index contributed by atoms with van der Waals surface area (Å²) in [6.07, 6.45) is -1.50. The van der Waals surface area contributed by atoms with Gasteiger partial charge in [-0.2, -0.15) is 0 Å². The number of carboxylic acid groups (broad SMARTS) is 1. The predicted molar refractivity (Wildman–Crippen MR) is 58.7 cm³/mol. The molecule has 9 heteroatoms. The Hall–Kier alpha value is -2.09. The van der Waals surface area contributed by atoms with Crippen LogP contribution in [0.2, 0.25) is 5.02 Å². The van der Waals surface area contributed by atoms with E-state index in [2.05, 4.69) is 4.98 Å². The first-order chi connectivity index (χ1) is 7.88. The highest BCUT2D eigenvalue weighted by Crippen LogP contribution is 2.32. The lowest BCUT2D eigenvalue weighted by molar-refractivity contribution is -0.384. The van der Waals surface area contributed by atoms with Crippen molar-refractivity contribution in [3.8, 4) is 0 Å². The van der Waals surface area contributed by atoms with E-state index in [1.54, 1.807) is 6.92 Å². The maximum Gasteiger partial charge on any atom is 0.329 e. The average molecular weight is 260 g/mol. The van der Waals surface area contributed by atoms with Gasteiger partial charge in [-0.15, -0.1) is 0 Å². The van der Waals surface area contributed by atoms with Crippen LogP contribution in [0.1, 0.15) is 6.92 Å². The minimum absolute atomic E-state index is 0.0584. The van der Waals surface area contributed by atoms with E-state index in [1.807, 2.05) is 0 Å². The molecule has 1 aromatic rings. The van der Waals surface area contributed by atoms with Gasteiger partial charge >= 0.3 is 5.69 Å². The number of hydrogen-bond donors (Lipinski definition) is 1. The number of rotatable bonds is 3. The molecule has 0 unspecified atom stereocenters. The van der Waals surface area contributed by atoms with Crippen molar-refractivity contribution in [3.05, 3.63) is 21.2 Å². The zero-order valence-corrected chi connectivity index (χ0v) is 9.47. The van der Waals surface area contributed by atoms with E-state index in [1.165, 1.54) is 0 Å². The smallest absolute Gasteiger partial charge is 0.329 e. The number of anilines is 2. The number of nitrogens with zero attached hydrogens (tertiary/aromatic N) is 3. The van der Waals surface area contributed by atoms with Gasteiger partial charge in [-0.25, -0.2) is 4.98 Å². The van der Waals surface area contributed by atoms with Crippen molar-refractivity contribution in [1.29, 1.82) is 0 Å². The highest BCUT2D eigenvalue weighted by Gasteiger charge is 2.21. The molecule has 2 N–H and O–H groups in total. The van der Waals surface area contributed by atoms with Crippen molar-refractivity contribution in [1.82, 2.24) is 4.98 Å². The summed E-state index contributed by atoms with van der Waals surface area (Å²) in [5.74, 6) is -0.558. The Balaban J connectivity index is 3.31. The minimum Gasteiger partial charge on any atom is -0.530 e. The molecule has 0 bridgehead atoms. The van der Waals surface area contributed by atoms with Crippen LogP contribution in [0.5, 0.6) is 0 Å². The lowest BCUT2D eigenvalue weighted by Crippen LogP contribution is -2.41. The summed E-state index contributed by atoms with van der Waals surface area (Å²) in [7, 11) is 0. The first kappa shape index (κ1) is 13.0. The lowest BCUT2D eigenvalue weighted by atomic mass is 10.3. The first-order valence-corrected chi connectivity index (χ1v) is 4.85. The Morgan fingerprint density at radius 1 is 1.71 bits per heavy atom. The fourth-order valence-electron chi connectivity index (χ4n) is 1.22. The number of nitrogens with two attached hydrogens (primary N) is 1. The molecule has 8 nitrogen and oxygen atoms in total. The van der Waals surface area contributed by atoms with Gasteiger partial charge in [0.1, 0.15) is 16.9 Å². The Kier molecular flexibility index (Phi) is 3.69. The van der Waals surface area contributed by atoms with Gasteiger partial charge in [-0.3, -0.25) is 10.1 Å². The second-order valence-corrected chi connectivity index (χ2v) is 3.37. The van der Waals surface area contributed by atoms with Crippen LogP contribution in [0.3, 0.4) is 0 Å². The molecule has 1 amide bonds. The van der Waals surface area contributed by atoms with Crippen molar-refractivity contribution in [2.45, 2.75) is 6.92 Å². The van der Waals surface area contributed by atoms with Crippen molar-refractivity contribution in [2.75, 3.05) is 17.2 Å². The number of nitro groups is 1. The van der Waals surface area contributed by atoms with Gasteiger partial charge < -0.3 is 20.5 Å². The van der Waals surface area contributed by atoms with E-state index in [0.717, 1.165) is 11.0 Å². The van der Waals surface area contributed by atoms with Crippen molar-refractivity contribution in [3.63, 3.8) is 0 Å². The summed E-state index contributed by atoms with van der Waals surface area (Å²) < 4.78 is 0. The summed E-state index contributed by atoms with van der Waals surface area (Å²) in [4.78, 5) is 24.9. The molecule has 17 heavy (non-hydrogen) atoms. The van der Waals surface area contributed by atoms with E-state index in [9.17, 15) is 20.0 Å². The molecule has 0 saturated heterocycles. The van der Waals surface area contributed by atoms with Crippen LogP contribution in [0, 0.1) is 10.1 Å². The predicted octanol–water partition coefficient (Wildman–Crippen LogP) is 0.395. The van der Waals surface area contributed by atoms with Crippen molar-refractivity contribution >= 4 is 35.0 Å². The van der Waals surface area contributed by atoms with Gasteiger partial charge in [0.15, 0.2) is 0 Å². The Bertz CT molecular complexity index is 456. The fourth-order valence-corrected chi connectivity index (χ4v) is 1.48. The van der Waals surface area contributed by atoms with Crippen LogP contribution < -0.4 is 15.7 Å². The third kappa shape index (κ3) is 2.53. The monoisotopic (exact) mass is 259 g/mol. The van der Waals surface area contributed by atoms with Crippen LogP contribution in [0.25, 0.3) is 0 Å². The molecule has 0 atom stereocenters. The maximum absolute atomic E-state index is 10.7. The summed E-state index contributed by atoms with van der Waals surface area (Å²) >= 11 is 5.63. The van der Waals surface area contributed by atoms with Crippen molar-refractivity contribution in [2.24, 2.45) is 0 Å². The summed E-state index contributed by atoms with van der Waals surface area (Å²) in [6, 6.07) is 1.05. The van der Waals surface area contributed by atoms with Crippen LogP contribution in [0.15, 0.2) is 6.07 Å². The first-order valence-electron chi connectivity index (χ1n) is 4.47. The van der Waals surface area contributed by atoms with E-state index in [-0.39, 0.29) is 17.4 Å². The standard InChI is InChI=1S/C8H9ClN4O4/c1-2-12(8(14)15)5-3-4(9)6(13(16)17)7(10)11-5/h3H,2H2,1H3,(H2,10,11)(H,14,15)/p-1. The second-order valence-electron chi connectivity index (χ2n) is 2.96. The number of halogens is 1. The maximum atomic E-state index is 10.7. The van der Waals surface area contributed by atoms with Gasteiger partial charge in [-0.05, 0) is 6.92 Å². The molecule has 1 aromatic heterocycles. The van der Waals surface area contributed by atoms with Crippen LogP contribution in [0.4, 0.5) is 22.1 Å². The van der Waals surface area contributed by atoms with Crippen LogP contribution in [-0.4, -0.2) is 22.5 Å². The summed E-state index contributed by atoms with van der Waals surface area (Å²) in [6.45, 7) is 1.60. The number of amides is 1. The normalized spacial score (nSPS) is 10.0. The molecule has 0 aromatic carbocycles. The molecule has 0 aliphatic rings. The number of carbonyl (C=O) groups excluding carboxylic acids is 1. The number of nitrogen functional groups attached to an aromatic ring is 1. The van der Waals surface area contributed by atoms with Crippen LogP contribution in [-0.2, 0) is 0 Å². The summed E-state index contributed by atoms with van der Waals surface area (Å²) in [5.41, 5.74) is 4.79. The van der Waals surface area contributed by atoms with E-state index < -0.39 is 22.5 Å². The number of carbonyl (C=O) groups is 1.